The molecule has 4 rings (SSSR count). The highest BCUT2D eigenvalue weighted by atomic mass is 32.2. The third-order valence-corrected chi connectivity index (χ3v) is 8.76. The number of benzene rings is 2. The molecule has 2 aromatic carbocycles. The molecular weight excluding hydrogens is 441 g/mol. The van der Waals surface area contributed by atoms with Crippen molar-refractivity contribution in [3.8, 4) is 0 Å². The van der Waals surface area contributed by atoms with Crippen LogP contribution in [0.4, 0.5) is 10.1 Å². The van der Waals surface area contributed by atoms with Crippen molar-refractivity contribution < 1.29 is 17.6 Å². The largest absolute Gasteiger partial charge is 0.312 e. The first kappa shape index (κ1) is 23.6. The van der Waals surface area contributed by atoms with E-state index in [2.05, 4.69) is 11.5 Å². The summed E-state index contributed by atoms with van der Waals surface area (Å²) in [4.78, 5) is 15.8. The van der Waals surface area contributed by atoms with Crippen molar-refractivity contribution in [2.75, 3.05) is 44.2 Å². The first-order valence-corrected chi connectivity index (χ1v) is 12.8. The maximum atomic E-state index is 13.4. The maximum absolute atomic E-state index is 13.4. The van der Waals surface area contributed by atoms with E-state index in [1.807, 2.05) is 12.1 Å². The number of amides is 1. The second kappa shape index (κ2) is 9.75. The van der Waals surface area contributed by atoms with Gasteiger partial charge >= 0.3 is 0 Å². The minimum Gasteiger partial charge on any atom is -0.312 e. The van der Waals surface area contributed by atoms with Gasteiger partial charge in [-0.15, -0.1) is 6.58 Å². The Morgan fingerprint density at radius 3 is 2.42 bits per heavy atom. The normalized spacial score (nSPS) is 18.2. The molecule has 8 heteroatoms. The molecule has 6 nitrogen and oxygen atoms in total. The van der Waals surface area contributed by atoms with Crippen LogP contribution in [0.25, 0.3) is 0 Å². The fraction of sp³-hybridized carbons (Fsp3) is 0.400. The van der Waals surface area contributed by atoms with Gasteiger partial charge in [-0.2, -0.15) is 4.31 Å². The smallest absolute Gasteiger partial charge is 0.224 e. The molecule has 0 aromatic heterocycles. The second-order valence-electron chi connectivity index (χ2n) is 8.63. The van der Waals surface area contributed by atoms with E-state index in [4.69, 9.17) is 0 Å². The summed E-state index contributed by atoms with van der Waals surface area (Å²) in [5, 5.41) is -0.819. The molecule has 2 aliphatic heterocycles. The lowest BCUT2D eigenvalue weighted by Crippen LogP contribution is -2.49. The van der Waals surface area contributed by atoms with Crippen LogP contribution in [0.1, 0.15) is 28.9 Å². The Morgan fingerprint density at radius 1 is 1.09 bits per heavy atom. The number of nitrogens with zero attached hydrogens (tertiary/aromatic N) is 3. The first-order valence-electron chi connectivity index (χ1n) is 11.3. The lowest BCUT2D eigenvalue weighted by molar-refractivity contribution is -0.116. The Kier molecular flexibility index (Phi) is 6.97. The summed E-state index contributed by atoms with van der Waals surface area (Å²) in [6, 6.07) is 12.0. The standard InChI is InChI=1S/C25H30FN3O3S/c1-3-25(22-6-9-24-21(18-22)11-13-29(24)19(2)30)33(31,32)28-16-14-27(15-17-28)12-10-20-4-7-23(26)8-5-20/h3-9,18,25H,1,10-17H2,2H3. The summed E-state index contributed by atoms with van der Waals surface area (Å²) < 4.78 is 41.5. The van der Waals surface area contributed by atoms with E-state index in [9.17, 15) is 17.6 Å². The van der Waals surface area contributed by atoms with E-state index in [1.165, 1.54) is 18.2 Å². The molecule has 1 fully saturated rings. The van der Waals surface area contributed by atoms with Crippen LogP contribution in [0.15, 0.2) is 55.1 Å². The van der Waals surface area contributed by atoms with Crippen molar-refractivity contribution in [2.45, 2.75) is 25.0 Å². The van der Waals surface area contributed by atoms with Crippen molar-refractivity contribution in [1.82, 2.24) is 9.21 Å². The molecule has 0 N–H and O–H groups in total. The number of hydrogen-bond acceptors (Lipinski definition) is 4. The zero-order chi connectivity index (χ0) is 23.6. The molecule has 1 atom stereocenters. The molecule has 0 bridgehead atoms. The van der Waals surface area contributed by atoms with Crippen molar-refractivity contribution in [3.63, 3.8) is 0 Å². The van der Waals surface area contributed by atoms with Gasteiger partial charge < -0.3 is 9.80 Å². The van der Waals surface area contributed by atoms with Crippen LogP contribution in [0.2, 0.25) is 0 Å². The Balaban J connectivity index is 1.40. The average molecular weight is 472 g/mol. The number of sulfonamides is 1. The highest BCUT2D eigenvalue weighted by Gasteiger charge is 2.34. The van der Waals surface area contributed by atoms with Gasteiger partial charge in [-0.25, -0.2) is 12.8 Å². The summed E-state index contributed by atoms with van der Waals surface area (Å²) >= 11 is 0. The summed E-state index contributed by atoms with van der Waals surface area (Å²) in [6.07, 6.45) is 3.02. The summed E-state index contributed by atoms with van der Waals surface area (Å²) in [5.41, 5.74) is 3.61. The first-order chi connectivity index (χ1) is 15.8. The van der Waals surface area contributed by atoms with Crippen LogP contribution >= 0.6 is 0 Å². The number of hydrogen-bond donors (Lipinski definition) is 0. The van der Waals surface area contributed by atoms with Gasteiger partial charge in [0.1, 0.15) is 11.1 Å². The SMILES string of the molecule is C=CC(c1ccc2c(c1)CCN2C(C)=O)S(=O)(=O)N1CCN(CCc2ccc(F)cc2)CC1. The molecule has 0 saturated carbocycles. The molecule has 176 valence electrons. The molecule has 0 spiro atoms. The number of fused-ring (bicyclic) bond motifs is 1. The molecule has 1 amide bonds. The van der Waals surface area contributed by atoms with E-state index in [1.54, 1.807) is 34.3 Å². The van der Waals surface area contributed by atoms with Gasteiger partial charge in [-0.05, 0) is 47.7 Å². The van der Waals surface area contributed by atoms with Crippen molar-refractivity contribution in [3.05, 3.63) is 77.6 Å². The zero-order valence-corrected chi connectivity index (χ0v) is 19.7. The molecule has 0 radical (unpaired) electrons. The number of halogens is 1. The predicted octanol–water partition coefficient (Wildman–Crippen LogP) is 3.15. The molecular formula is C25H30FN3O3S. The van der Waals surface area contributed by atoms with Crippen molar-refractivity contribution in [2.24, 2.45) is 0 Å². The summed E-state index contributed by atoms with van der Waals surface area (Å²) in [5.74, 6) is -0.249. The minimum atomic E-state index is -3.60. The maximum Gasteiger partial charge on any atom is 0.224 e. The zero-order valence-electron chi connectivity index (χ0n) is 18.9. The lowest BCUT2D eigenvalue weighted by atomic mass is 10.1. The Morgan fingerprint density at radius 2 is 1.79 bits per heavy atom. The van der Waals surface area contributed by atoms with Gasteiger partial charge in [0.05, 0.1) is 0 Å². The van der Waals surface area contributed by atoms with Crippen LogP contribution in [0.5, 0.6) is 0 Å². The molecule has 1 saturated heterocycles. The quantitative estimate of drug-likeness (QED) is 0.582. The highest BCUT2D eigenvalue weighted by Crippen LogP contribution is 2.34. The van der Waals surface area contributed by atoms with Crippen LogP contribution in [0.3, 0.4) is 0 Å². The average Bonchev–Trinajstić information content (AvgIpc) is 3.23. The molecule has 0 aliphatic carbocycles. The number of carbonyl (C=O) groups is 1. The van der Waals surface area contributed by atoms with E-state index < -0.39 is 15.3 Å². The topological polar surface area (TPSA) is 60.9 Å². The van der Waals surface area contributed by atoms with E-state index >= 15 is 0 Å². The van der Waals surface area contributed by atoms with E-state index in [0.717, 1.165) is 36.2 Å². The Bertz CT molecular complexity index is 1130. The minimum absolute atomic E-state index is 0.00769. The summed E-state index contributed by atoms with van der Waals surface area (Å²) in [6.45, 7) is 8.95. The third-order valence-electron chi connectivity index (χ3n) is 6.56. The van der Waals surface area contributed by atoms with Crippen LogP contribution in [0, 0.1) is 5.82 Å². The fourth-order valence-electron chi connectivity index (χ4n) is 4.66. The van der Waals surface area contributed by atoms with Crippen LogP contribution in [-0.4, -0.2) is 62.8 Å². The second-order valence-corrected chi connectivity index (χ2v) is 10.7. The number of carbonyl (C=O) groups excluding carboxylic acids is 1. The van der Waals surface area contributed by atoms with Gasteiger partial charge in [0, 0.05) is 51.9 Å². The van der Waals surface area contributed by atoms with Gasteiger partial charge in [-0.1, -0.05) is 30.3 Å². The van der Waals surface area contributed by atoms with E-state index in [0.29, 0.717) is 38.3 Å². The van der Waals surface area contributed by atoms with Gasteiger partial charge in [0.25, 0.3) is 0 Å². The monoisotopic (exact) mass is 471 g/mol. The Hall–Kier alpha value is -2.55. The molecule has 33 heavy (non-hydrogen) atoms. The number of rotatable bonds is 7. The van der Waals surface area contributed by atoms with Crippen LogP contribution < -0.4 is 4.90 Å². The Labute approximate surface area is 195 Å². The number of anilines is 1. The number of piperazine rings is 1. The van der Waals surface area contributed by atoms with Crippen molar-refractivity contribution in [1.29, 1.82) is 0 Å². The highest BCUT2D eigenvalue weighted by molar-refractivity contribution is 7.89. The molecule has 1 unspecified atom stereocenters. The fourth-order valence-corrected chi connectivity index (χ4v) is 6.39. The third kappa shape index (κ3) is 5.03. The lowest BCUT2D eigenvalue weighted by Gasteiger charge is -2.35. The van der Waals surface area contributed by atoms with Crippen molar-refractivity contribution >= 4 is 21.6 Å². The predicted molar refractivity (Wildman–Crippen MR) is 128 cm³/mol. The van der Waals surface area contributed by atoms with Gasteiger partial charge in [0.2, 0.25) is 15.9 Å². The van der Waals surface area contributed by atoms with Gasteiger partial charge in [0.15, 0.2) is 0 Å². The van der Waals surface area contributed by atoms with Crippen LogP contribution in [-0.2, 0) is 27.7 Å². The molecule has 2 aromatic rings. The summed E-state index contributed by atoms with van der Waals surface area (Å²) in [7, 11) is -3.60. The van der Waals surface area contributed by atoms with Gasteiger partial charge in [-0.3, -0.25) is 4.79 Å². The molecule has 2 aliphatic rings. The van der Waals surface area contributed by atoms with E-state index in [-0.39, 0.29) is 11.7 Å². The molecule has 2 heterocycles.